The van der Waals surface area contributed by atoms with Gasteiger partial charge in [0.15, 0.2) is 7.57 Å². The average Bonchev–Trinajstić information content (AvgIpc) is 2.65. The molecular formula is C10Br2Cl10. The maximum absolute atomic E-state index is 6.83. The Morgan fingerprint density at radius 2 is 0.909 bits per heavy atom. The average molecular weight is 634 g/mol. The number of halogens is 12. The third-order valence-corrected chi connectivity index (χ3v) is 14.6. The highest BCUT2D eigenvalue weighted by Crippen LogP contribution is 2.89. The minimum Gasteiger partial charge on any atom is -0.111 e. The first-order valence-corrected chi connectivity index (χ1v) is 10.6. The molecule has 2 bridgehead atoms. The number of alkyl halides is 8. The molecule has 0 radical (unpaired) electrons. The number of allylic oxidation sites excluding steroid dienone is 4. The fraction of sp³-hybridized carbons (Fsp3) is 0.600. The summed E-state index contributed by atoms with van der Waals surface area (Å²) in [5.41, 5.74) is 0. The van der Waals surface area contributed by atoms with Gasteiger partial charge < -0.3 is 0 Å². The molecule has 0 amide bonds. The molecule has 1 saturated carbocycles. The van der Waals surface area contributed by atoms with Gasteiger partial charge in [-0.25, -0.2) is 0 Å². The summed E-state index contributed by atoms with van der Waals surface area (Å²) >= 11 is 71.9. The van der Waals surface area contributed by atoms with Crippen molar-refractivity contribution >= 4 is 148 Å². The maximum atomic E-state index is 6.83. The van der Waals surface area contributed by atoms with Crippen molar-refractivity contribution in [1.29, 1.82) is 0 Å². The van der Waals surface area contributed by atoms with Crippen molar-refractivity contribution in [2.75, 3.05) is 0 Å². The first-order valence-electron chi connectivity index (χ1n) is 5.27. The predicted octanol–water partition coefficient (Wildman–Crippen LogP) is 7.98. The first-order chi connectivity index (χ1) is 9.63. The van der Waals surface area contributed by atoms with Crippen LogP contribution < -0.4 is 0 Å². The SMILES string of the molecule is ClC1=C(Cl)[C@]2(Cl)[C@](Cl)(Br)[C@@]1(Cl)[C@@]1(Cl)C(Cl)=C(Cl)[C@@](Cl)(Br)[C@@]21Cl. The summed E-state index contributed by atoms with van der Waals surface area (Å²) in [7, 11) is 0. The summed E-state index contributed by atoms with van der Waals surface area (Å²) in [6.45, 7) is 0. The molecule has 12 heteroatoms. The van der Waals surface area contributed by atoms with Crippen molar-refractivity contribution in [3.8, 4) is 0 Å². The van der Waals surface area contributed by atoms with Crippen LogP contribution in [-0.4, -0.2) is 27.1 Å². The van der Waals surface area contributed by atoms with E-state index in [1.165, 1.54) is 0 Å². The van der Waals surface area contributed by atoms with Crippen molar-refractivity contribution in [3.05, 3.63) is 20.1 Å². The number of fused-ring (bicyclic) bond motifs is 5. The lowest BCUT2D eigenvalue weighted by Crippen LogP contribution is -2.64. The molecular weight excluding hydrogens is 634 g/mol. The molecule has 0 aromatic rings. The smallest absolute Gasteiger partial charge is 0.111 e. The van der Waals surface area contributed by atoms with Crippen LogP contribution in [0, 0.1) is 0 Å². The largest absolute Gasteiger partial charge is 0.159 e. The number of hydrogen-bond acceptors (Lipinski definition) is 0. The Bertz CT molecular complexity index is 685. The van der Waals surface area contributed by atoms with Crippen LogP contribution in [0.2, 0.25) is 0 Å². The molecule has 0 saturated heterocycles. The molecule has 3 rings (SSSR count). The molecule has 0 spiro atoms. The summed E-state index contributed by atoms with van der Waals surface area (Å²) < 4.78 is -3.38. The Morgan fingerprint density at radius 1 is 0.545 bits per heavy atom. The molecule has 0 aromatic heterocycles. The van der Waals surface area contributed by atoms with E-state index >= 15 is 0 Å². The van der Waals surface area contributed by atoms with Crippen LogP contribution in [0.15, 0.2) is 20.1 Å². The molecule has 0 N–H and O–H groups in total. The van der Waals surface area contributed by atoms with Gasteiger partial charge >= 0.3 is 0 Å². The van der Waals surface area contributed by atoms with Crippen LogP contribution in [0.1, 0.15) is 0 Å². The molecule has 0 aromatic carbocycles. The van der Waals surface area contributed by atoms with E-state index in [9.17, 15) is 0 Å². The van der Waals surface area contributed by atoms with Gasteiger partial charge in [0.25, 0.3) is 0 Å². The number of rotatable bonds is 0. The lowest BCUT2D eigenvalue weighted by Gasteiger charge is -2.49. The van der Waals surface area contributed by atoms with E-state index < -0.39 is 27.1 Å². The molecule has 3 aliphatic rings. The summed E-state index contributed by atoms with van der Waals surface area (Å²) in [6, 6.07) is 0. The van der Waals surface area contributed by atoms with Crippen molar-refractivity contribution in [2.45, 2.75) is 27.1 Å². The third-order valence-electron chi connectivity index (χ3n) is 4.29. The van der Waals surface area contributed by atoms with Gasteiger partial charge in [-0.2, -0.15) is 0 Å². The number of hydrogen-bond donors (Lipinski definition) is 0. The molecule has 3 aliphatic carbocycles. The van der Waals surface area contributed by atoms with E-state index in [0.717, 1.165) is 0 Å². The molecule has 6 atom stereocenters. The topological polar surface area (TPSA) is 0 Å². The zero-order chi connectivity index (χ0) is 17.3. The van der Waals surface area contributed by atoms with Crippen molar-refractivity contribution < 1.29 is 0 Å². The zero-order valence-electron chi connectivity index (χ0n) is 9.54. The van der Waals surface area contributed by atoms with Gasteiger partial charge in [0.05, 0.1) is 20.1 Å². The molecule has 0 aliphatic heterocycles. The van der Waals surface area contributed by atoms with Gasteiger partial charge in [0.2, 0.25) is 0 Å². The second-order valence-corrected chi connectivity index (χ2v) is 13.2. The standard InChI is InChI=1S/C10Br2Cl10/c11-8(20)4(16)3(15)5(17)6(18)1(13)2(14)7(19,9(5,8)21)10(6,12)22/t5-,6-,7+,8-,9-,10-/m0/s1. The predicted molar refractivity (Wildman–Crippen MR) is 107 cm³/mol. The van der Waals surface area contributed by atoms with Crippen molar-refractivity contribution in [3.63, 3.8) is 0 Å². The highest BCUT2D eigenvalue weighted by molar-refractivity contribution is 9.11. The van der Waals surface area contributed by atoms with Crippen molar-refractivity contribution in [1.82, 2.24) is 0 Å². The van der Waals surface area contributed by atoms with Gasteiger partial charge in [-0.05, 0) is 0 Å². The first kappa shape index (κ1) is 20.1. The Morgan fingerprint density at radius 3 is 1.36 bits per heavy atom. The second kappa shape index (κ2) is 5.03. The zero-order valence-corrected chi connectivity index (χ0v) is 20.3. The van der Waals surface area contributed by atoms with E-state index in [1.807, 2.05) is 0 Å². The summed E-state index contributed by atoms with van der Waals surface area (Å²) in [4.78, 5) is -7.33. The monoisotopic (exact) mass is 628 g/mol. The quantitative estimate of drug-likeness (QED) is 0.237. The highest BCUT2D eigenvalue weighted by atomic mass is 79.9. The van der Waals surface area contributed by atoms with Crippen LogP contribution in [0.5, 0.6) is 0 Å². The Kier molecular flexibility index (Phi) is 4.59. The lowest BCUT2D eigenvalue weighted by atomic mass is 9.82. The summed E-state index contributed by atoms with van der Waals surface area (Å²) in [5, 5.41) is -0.383. The van der Waals surface area contributed by atoms with E-state index in [1.54, 1.807) is 0 Å². The van der Waals surface area contributed by atoms with Crippen LogP contribution in [-0.2, 0) is 0 Å². The van der Waals surface area contributed by atoms with Crippen LogP contribution >= 0.6 is 148 Å². The van der Waals surface area contributed by atoms with Gasteiger partial charge in [-0.15, -0.1) is 58.0 Å². The Balaban J connectivity index is 2.57. The maximum Gasteiger partial charge on any atom is 0.159 e. The third kappa shape index (κ3) is 1.46. The lowest BCUT2D eigenvalue weighted by molar-refractivity contribution is 0.468. The Labute approximate surface area is 192 Å². The van der Waals surface area contributed by atoms with Crippen LogP contribution in [0.4, 0.5) is 0 Å². The fourth-order valence-corrected chi connectivity index (χ4v) is 11.2. The normalized spacial score (nSPS) is 60.5. The van der Waals surface area contributed by atoms with E-state index in [4.69, 9.17) is 116 Å². The van der Waals surface area contributed by atoms with E-state index in [-0.39, 0.29) is 20.1 Å². The van der Waals surface area contributed by atoms with Crippen LogP contribution in [0.3, 0.4) is 0 Å². The van der Waals surface area contributed by atoms with E-state index in [0.29, 0.717) is 0 Å². The Hall–Kier alpha value is 3.34. The van der Waals surface area contributed by atoms with E-state index in [2.05, 4.69) is 31.9 Å². The summed E-state index contributed by atoms with van der Waals surface area (Å²) in [6.07, 6.45) is 0. The minimum atomic E-state index is -1.85. The van der Waals surface area contributed by atoms with Crippen LogP contribution in [0.25, 0.3) is 0 Å². The van der Waals surface area contributed by atoms with Gasteiger partial charge in [-0.1, -0.05) is 89.9 Å². The molecule has 0 nitrogen and oxygen atoms in total. The molecule has 124 valence electrons. The summed E-state index contributed by atoms with van der Waals surface area (Å²) in [5.74, 6) is 0. The molecule has 0 unspecified atom stereocenters. The van der Waals surface area contributed by atoms with Crippen molar-refractivity contribution in [2.24, 2.45) is 0 Å². The van der Waals surface area contributed by atoms with Gasteiger partial charge in [-0.3, -0.25) is 0 Å². The van der Waals surface area contributed by atoms with Gasteiger partial charge in [0.1, 0.15) is 19.5 Å². The molecule has 1 fully saturated rings. The molecule has 22 heavy (non-hydrogen) atoms. The van der Waals surface area contributed by atoms with Gasteiger partial charge in [0, 0.05) is 0 Å². The highest BCUT2D eigenvalue weighted by Gasteiger charge is 2.98. The minimum absolute atomic E-state index is 0.0774. The fourth-order valence-electron chi connectivity index (χ4n) is 3.20. The second-order valence-electron chi connectivity index (χ2n) is 5.04. The molecule has 0 heterocycles.